The molecule has 1 unspecified atom stereocenters. The van der Waals surface area contributed by atoms with Gasteiger partial charge in [-0.15, -0.1) is 0 Å². The number of rotatable bonds is 7. The summed E-state index contributed by atoms with van der Waals surface area (Å²) in [7, 11) is 2.45. The molecule has 0 saturated carbocycles. The van der Waals surface area contributed by atoms with E-state index in [4.69, 9.17) is 0 Å². The van der Waals surface area contributed by atoms with Gasteiger partial charge in [0.1, 0.15) is 17.9 Å². The first-order valence-corrected chi connectivity index (χ1v) is 6.64. The summed E-state index contributed by atoms with van der Waals surface area (Å²) in [6, 6.07) is 1.04. The number of hydrogen-bond acceptors (Lipinski definition) is 9. The Hall–Kier alpha value is -2.91. The molecule has 0 aliphatic rings. The van der Waals surface area contributed by atoms with E-state index in [1.165, 1.54) is 33.3 Å². The Morgan fingerprint density at radius 3 is 2.13 bits per heavy atom. The van der Waals surface area contributed by atoms with Crippen LogP contribution in [0.5, 0.6) is 0 Å². The minimum atomic E-state index is -0.834. The lowest BCUT2D eigenvalue weighted by Gasteiger charge is -2.15. The summed E-state index contributed by atoms with van der Waals surface area (Å²) in [5, 5.41) is 16.4. The van der Waals surface area contributed by atoms with Crippen molar-refractivity contribution in [3.63, 3.8) is 0 Å². The highest BCUT2D eigenvalue weighted by Crippen LogP contribution is 2.25. The first kappa shape index (κ1) is 18.1. The van der Waals surface area contributed by atoms with Crippen LogP contribution >= 0.6 is 0 Å². The van der Waals surface area contributed by atoms with E-state index in [0.29, 0.717) is 0 Å². The summed E-state index contributed by atoms with van der Waals surface area (Å²) in [6.45, 7) is 3.04. The Kier molecular flexibility index (Phi) is 6.24. The molecule has 0 aliphatic heterocycles. The van der Waals surface area contributed by atoms with E-state index in [1.807, 2.05) is 0 Å². The maximum Gasteiger partial charge on any atom is 0.328 e. The third-order valence-corrected chi connectivity index (χ3v) is 2.90. The van der Waals surface area contributed by atoms with Gasteiger partial charge in [-0.25, -0.2) is 14.6 Å². The second kappa shape index (κ2) is 7.92. The van der Waals surface area contributed by atoms with Crippen LogP contribution in [0.25, 0.3) is 0 Å². The van der Waals surface area contributed by atoms with Gasteiger partial charge < -0.3 is 20.1 Å². The molecule has 0 aliphatic carbocycles. The molecule has 0 bridgehead atoms. The van der Waals surface area contributed by atoms with Crippen LogP contribution in [0.15, 0.2) is 12.1 Å². The van der Waals surface area contributed by atoms with E-state index >= 15 is 0 Å². The van der Waals surface area contributed by atoms with Gasteiger partial charge >= 0.3 is 17.6 Å². The second-order valence-electron chi connectivity index (χ2n) is 4.60. The quantitative estimate of drug-likeness (QED) is 0.426. The van der Waals surface area contributed by atoms with Crippen molar-refractivity contribution in [2.24, 2.45) is 0 Å². The molecule has 2 N–H and O–H groups in total. The maximum atomic E-state index is 11.4. The molecule has 1 rings (SSSR count). The molecule has 126 valence electrons. The van der Waals surface area contributed by atoms with E-state index in [2.05, 4.69) is 25.1 Å². The molecule has 0 saturated heterocycles. The Morgan fingerprint density at radius 2 is 1.65 bits per heavy atom. The van der Waals surface area contributed by atoms with Crippen molar-refractivity contribution in [3.8, 4) is 0 Å². The highest BCUT2D eigenvalue weighted by molar-refractivity contribution is 5.80. The molecule has 0 spiro atoms. The minimum Gasteiger partial charge on any atom is -0.467 e. The predicted molar refractivity (Wildman–Crippen MR) is 81.1 cm³/mol. The third kappa shape index (κ3) is 4.80. The molecule has 2 atom stereocenters. The van der Waals surface area contributed by atoms with Gasteiger partial charge in [-0.1, -0.05) is 0 Å². The number of nitrogens with one attached hydrogen (secondary N) is 2. The molecule has 1 heterocycles. The van der Waals surface area contributed by atoms with E-state index in [1.54, 1.807) is 6.92 Å². The van der Waals surface area contributed by atoms with Crippen LogP contribution in [0.3, 0.4) is 0 Å². The number of nitro groups is 1. The zero-order valence-corrected chi connectivity index (χ0v) is 13.2. The Morgan fingerprint density at radius 1 is 1.13 bits per heavy atom. The van der Waals surface area contributed by atoms with Crippen LogP contribution in [0.4, 0.5) is 17.3 Å². The highest BCUT2D eigenvalue weighted by Gasteiger charge is 2.22. The summed E-state index contributed by atoms with van der Waals surface area (Å²) in [5.74, 6) is -1.01. The number of anilines is 2. The monoisotopic (exact) mass is 326 g/mol. The van der Waals surface area contributed by atoms with Crippen molar-refractivity contribution in [3.05, 3.63) is 22.2 Å². The van der Waals surface area contributed by atoms with Gasteiger partial charge in [0, 0.05) is 6.07 Å². The van der Waals surface area contributed by atoms with Crippen molar-refractivity contribution >= 4 is 29.3 Å². The van der Waals surface area contributed by atoms with Gasteiger partial charge in [0.2, 0.25) is 5.82 Å². The number of nitrogens with zero attached hydrogens (tertiary/aromatic N) is 2. The fourth-order valence-corrected chi connectivity index (χ4v) is 1.68. The van der Waals surface area contributed by atoms with Gasteiger partial charge in [-0.3, -0.25) is 10.1 Å². The number of hydrogen-bond donors (Lipinski definition) is 2. The number of aromatic nitrogens is 1. The summed E-state index contributed by atoms with van der Waals surface area (Å²) >= 11 is 0. The van der Waals surface area contributed by atoms with E-state index < -0.39 is 28.9 Å². The largest absolute Gasteiger partial charge is 0.467 e. The average Bonchev–Trinajstić information content (AvgIpc) is 2.52. The molecule has 1 aromatic rings. The molecular formula is C13H18N4O6. The molecule has 0 aromatic carbocycles. The number of methoxy groups -OCH3 is 2. The minimum absolute atomic E-state index is 0.116. The topological polar surface area (TPSA) is 133 Å². The normalized spacial score (nSPS) is 12.7. The van der Waals surface area contributed by atoms with Crippen LogP contribution in [0.2, 0.25) is 0 Å². The van der Waals surface area contributed by atoms with Gasteiger partial charge in [0.15, 0.2) is 0 Å². The first-order chi connectivity index (χ1) is 10.8. The molecule has 10 heteroatoms. The molecule has 0 fully saturated rings. The standard InChI is InChI=1S/C13H18N4O6/c1-7(12(18)22-3)14-10-6-5-9(17(20)21)11(16-10)15-8(2)13(19)23-4/h5-8H,1-4H3,(H2,14,15,16)/t7?,8-/m0/s1. The smallest absolute Gasteiger partial charge is 0.328 e. The first-order valence-electron chi connectivity index (χ1n) is 6.64. The fraction of sp³-hybridized carbons (Fsp3) is 0.462. The molecular weight excluding hydrogens is 308 g/mol. The van der Waals surface area contributed by atoms with E-state index in [-0.39, 0.29) is 17.3 Å². The lowest BCUT2D eigenvalue weighted by molar-refractivity contribution is -0.384. The van der Waals surface area contributed by atoms with Crippen molar-refractivity contribution in [1.29, 1.82) is 0 Å². The van der Waals surface area contributed by atoms with E-state index in [0.717, 1.165) is 0 Å². The number of carbonyl (C=O) groups excluding carboxylic acids is 2. The summed E-state index contributed by atoms with van der Waals surface area (Å²) in [4.78, 5) is 37.3. The number of esters is 2. The predicted octanol–water partition coefficient (Wildman–Crippen LogP) is 0.937. The highest BCUT2D eigenvalue weighted by atomic mass is 16.6. The summed E-state index contributed by atoms with van der Waals surface area (Å²) in [6.07, 6.45) is 0. The van der Waals surface area contributed by atoms with Gasteiger partial charge in [0.25, 0.3) is 0 Å². The SMILES string of the molecule is COC(=O)C(C)Nc1ccc([N+](=O)[O-])c(N[C@@H](C)C(=O)OC)n1. The van der Waals surface area contributed by atoms with Crippen molar-refractivity contribution in [1.82, 2.24) is 4.98 Å². The van der Waals surface area contributed by atoms with Crippen LogP contribution in [0.1, 0.15) is 13.8 Å². The lowest BCUT2D eigenvalue weighted by Crippen LogP contribution is -2.29. The summed E-state index contributed by atoms with van der Waals surface area (Å²) < 4.78 is 9.12. The van der Waals surface area contributed by atoms with Gasteiger partial charge in [-0.2, -0.15) is 0 Å². The average molecular weight is 326 g/mol. The van der Waals surface area contributed by atoms with Crippen LogP contribution in [0, 0.1) is 10.1 Å². The van der Waals surface area contributed by atoms with Crippen LogP contribution in [-0.4, -0.2) is 48.1 Å². The van der Waals surface area contributed by atoms with Crippen molar-refractivity contribution in [2.45, 2.75) is 25.9 Å². The van der Waals surface area contributed by atoms with Crippen LogP contribution < -0.4 is 10.6 Å². The van der Waals surface area contributed by atoms with Gasteiger partial charge in [0.05, 0.1) is 19.1 Å². The second-order valence-corrected chi connectivity index (χ2v) is 4.60. The zero-order valence-electron chi connectivity index (χ0n) is 13.2. The summed E-state index contributed by atoms with van der Waals surface area (Å²) in [5.41, 5.74) is -0.308. The maximum absolute atomic E-state index is 11.4. The third-order valence-electron chi connectivity index (χ3n) is 2.90. The molecule has 10 nitrogen and oxygen atoms in total. The molecule has 23 heavy (non-hydrogen) atoms. The Balaban J connectivity index is 3.05. The lowest BCUT2D eigenvalue weighted by atomic mass is 10.3. The zero-order chi connectivity index (χ0) is 17.6. The molecule has 0 radical (unpaired) electrons. The fourth-order valence-electron chi connectivity index (χ4n) is 1.68. The Bertz CT molecular complexity index is 606. The molecule has 0 amide bonds. The van der Waals surface area contributed by atoms with Crippen LogP contribution in [-0.2, 0) is 19.1 Å². The molecule has 1 aromatic heterocycles. The van der Waals surface area contributed by atoms with E-state index in [9.17, 15) is 19.7 Å². The Labute approximate surface area is 132 Å². The van der Waals surface area contributed by atoms with Gasteiger partial charge in [-0.05, 0) is 19.9 Å². The van der Waals surface area contributed by atoms with Crippen molar-refractivity contribution in [2.75, 3.05) is 24.9 Å². The number of pyridine rings is 1. The van der Waals surface area contributed by atoms with Crippen molar-refractivity contribution < 1.29 is 24.0 Å². The number of ether oxygens (including phenoxy) is 2. The number of carbonyl (C=O) groups is 2.